The third kappa shape index (κ3) is 4.68. The normalized spacial score (nSPS) is 18.5. The van der Waals surface area contributed by atoms with Crippen molar-refractivity contribution in [3.05, 3.63) is 70.8 Å². The standard InChI is InChI=1S/C27H28N4O3S/c1-32-22-7-2-3-8-23(22)34-25-14-19(9-12-28-25)26-29-24(31(30-26)17-21-6-4-13-35-21)15-20-16-27(18-33-20)10-5-11-27/h2-4,6-9,12-14,20H,5,10-11,15-18H2,1H3. The molecular weight excluding hydrogens is 460 g/mol. The van der Waals surface area contributed by atoms with Gasteiger partial charge in [0.2, 0.25) is 5.88 Å². The topological polar surface area (TPSA) is 71.3 Å². The number of nitrogens with zero attached hydrogens (tertiary/aromatic N) is 4. The molecule has 3 aromatic heterocycles. The molecule has 1 saturated heterocycles. The van der Waals surface area contributed by atoms with Gasteiger partial charge in [-0.05, 0) is 54.3 Å². The summed E-state index contributed by atoms with van der Waals surface area (Å²) < 4.78 is 19.6. The molecule has 1 saturated carbocycles. The van der Waals surface area contributed by atoms with Gasteiger partial charge in [-0.3, -0.25) is 0 Å². The van der Waals surface area contributed by atoms with Gasteiger partial charge in [0.25, 0.3) is 0 Å². The summed E-state index contributed by atoms with van der Waals surface area (Å²) in [6.07, 6.45) is 7.74. The van der Waals surface area contributed by atoms with Gasteiger partial charge in [0.05, 0.1) is 26.4 Å². The Hall–Kier alpha value is -3.23. The molecule has 0 N–H and O–H groups in total. The second-order valence-electron chi connectivity index (χ2n) is 9.42. The molecule has 1 aliphatic heterocycles. The van der Waals surface area contributed by atoms with Crippen molar-refractivity contribution < 1.29 is 14.2 Å². The molecule has 7 nitrogen and oxygen atoms in total. The van der Waals surface area contributed by atoms with Crippen molar-refractivity contribution in [1.82, 2.24) is 19.7 Å². The van der Waals surface area contributed by atoms with Gasteiger partial charge >= 0.3 is 0 Å². The third-order valence-electron chi connectivity index (χ3n) is 7.02. The number of hydrogen-bond acceptors (Lipinski definition) is 7. The van der Waals surface area contributed by atoms with Crippen molar-refractivity contribution in [2.75, 3.05) is 13.7 Å². The molecule has 8 heteroatoms. The van der Waals surface area contributed by atoms with Crippen LogP contribution in [-0.2, 0) is 17.7 Å². The zero-order valence-corrected chi connectivity index (χ0v) is 20.5. The zero-order chi connectivity index (χ0) is 23.7. The van der Waals surface area contributed by atoms with Crippen LogP contribution in [0, 0.1) is 5.41 Å². The highest BCUT2D eigenvalue weighted by atomic mass is 32.1. The summed E-state index contributed by atoms with van der Waals surface area (Å²) in [5, 5.41) is 6.99. The van der Waals surface area contributed by atoms with E-state index in [0.717, 1.165) is 30.8 Å². The van der Waals surface area contributed by atoms with Gasteiger partial charge in [0.1, 0.15) is 5.82 Å². The first-order chi connectivity index (χ1) is 17.2. The molecule has 2 aliphatic rings. The lowest BCUT2D eigenvalue weighted by molar-refractivity contribution is 0.0681. The Bertz CT molecular complexity index is 1300. The van der Waals surface area contributed by atoms with Crippen LogP contribution in [0.1, 0.15) is 36.4 Å². The summed E-state index contributed by atoms with van der Waals surface area (Å²) in [4.78, 5) is 10.6. The first-order valence-electron chi connectivity index (χ1n) is 12.0. The Labute approximate surface area is 208 Å². The summed E-state index contributed by atoms with van der Waals surface area (Å²) in [5.41, 5.74) is 1.28. The predicted molar refractivity (Wildman–Crippen MR) is 134 cm³/mol. The molecule has 4 heterocycles. The summed E-state index contributed by atoms with van der Waals surface area (Å²) in [5.74, 6) is 3.36. The van der Waals surface area contributed by atoms with Crippen molar-refractivity contribution in [1.29, 1.82) is 0 Å². The Morgan fingerprint density at radius 3 is 2.77 bits per heavy atom. The van der Waals surface area contributed by atoms with E-state index in [2.05, 4.69) is 22.5 Å². The molecule has 1 unspecified atom stereocenters. The first kappa shape index (κ1) is 22.2. The molecular formula is C27H28N4O3S. The zero-order valence-electron chi connectivity index (χ0n) is 19.7. The fourth-order valence-electron chi connectivity index (χ4n) is 5.00. The van der Waals surface area contributed by atoms with Crippen molar-refractivity contribution in [3.8, 4) is 28.8 Å². The van der Waals surface area contributed by atoms with Gasteiger partial charge in [0.15, 0.2) is 17.3 Å². The van der Waals surface area contributed by atoms with Crippen molar-refractivity contribution in [3.63, 3.8) is 0 Å². The Morgan fingerprint density at radius 2 is 2.03 bits per heavy atom. The highest BCUT2D eigenvalue weighted by Gasteiger charge is 2.44. The fourth-order valence-corrected chi connectivity index (χ4v) is 5.69. The van der Waals surface area contributed by atoms with Gasteiger partial charge in [0, 0.05) is 29.1 Å². The number of benzene rings is 1. The summed E-state index contributed by atoms with van der Waals surface area (Å²) in [6, 6.07) is 15.5. The van der Waals surface area contributed by atoms with Crippen LogP contribution >= 0.6 is 11.3 Å². The van der Waals surface area contributed by atoms with E-state index in [-0.39, 0.29) is 6.10 Å². The summed E-state index contributed by atoms with van der Waals surface area (Å²) >= 11 is 1.73. The van der Waals surface area contributed by atoms with E-state index in [9.17, 15) is 0 Å². The Balaban J connectivity index is 1.27. The molecule has 2 fully saturated rings. The number of pyridine rings is 1. The number of rotatable bonds is 8. The number of ether oxygens (including phenoxy) is 3. The predicted octanol–water partition coefficient (Wildman–Crippen LogP) is 5.75. The Morgan fingerprint density at radius 1 is 1.14 bits per heavy atom. The van der Waals surface area contributed by atoms with Crippen molar-refractivity contribution in [2.24, 2.45) is 5.41 Å². The first-order valence-corrected chi connectivity index (χ1v) is 12.9. The number of aromatic nitrogens is 4. The minimum absolute atomic E-state index is 0.205. The minimum Gasteiger partial charge on any atom is -0.493 e. The molecule has 1 aliphatic carbocycles. The monoisotopic (exact) mass is 488 g/mol. The van der Waals surface area contributed by atoms with E-state index >= 15 is 0 Å². The summed E-state index contributed by atoms with van der Waals surface area (Å²) in [6.45, 7) is 1.59. The molecule has 1 aromatic carbocycles. The van der Waals surface area contributed by atoms with Gasteiger partial charge in [-0.25, -0.2) is 14.6 Å². The highest BCUT2D eigenvalue weighted by Crippen LogP contribution is 2.49. The Kier molecular flexibility index (Phi) is 6.00. The molecule has 35 heavy (non-hydrogen) atoms. The largest absolute Gasteiger partial charge is 0.493 e. The number of hydrogen-bond donors (Lipinski definition) is 0. The van der Waals surface area contributed by atoms with E-state index in [1.807, 2.05) is 41.1 Å². The molecule has 1 atom stereocenters. The van der Waals surface area contributed by atoms with E-state index < -0.39 is 0 Å². The quantitative estimate of drug-likeness (QED) is 0.314. The average molecular weight is 489 g/mol. The summed E-state index contributed by atoms with van der Waals surface area (Å²) in [7, 11) is 1.62. The average Bonchev–Trinajstić information content (AvgIpc) is 3.61. The third-order valence-corrected chi connectivity index (χ3v) is 7.88. The molecule has 180 valence electrons. The molecule has 4 aromatic rings. The van der Waals surface area contributed by atoms with Crippen LogP contribution in [0.25, 0.3) is 11.4 Å². The molecule has 0 radical (unpaired) electrons. The van der Waals surface area contributed by atoms with Crippen LogP contribution in [0.4, 0.5) is 0 Å². The highest BCUT2D eigenvalue weighted by molar-refractivity contribution is 7.09. The van der Waals surface area contributed by atoms with E-state index in [1.165, 1.54) is 24.1 Å². The van der Waals surface area contributed by atoms with E-state index in [0.29, 0.717) is 35.2 Å². The lowest BCUT2D eigenvalue weighted by Crippen LogP contribution is -2.29. The van der Waals surface area contributed by atoms with Gasteiger partial charge < -0.3 is 14.2 Å². The van der Waals surface area contributed by atoms with E-state index in [4.69, 9.17) is 24.3 Å². The van der Waals surface area contributed by atoms with Crippen LogP contribution in [0.3, 0.4) is 0 Å². The molecule has 0 amide bonds. The molecule has 1 spiro atoms. The molecule has 6 rings (SSSR count). The maximum atomic E-state index is 6.21. The maximum absolute atomic E-state index is 6.21. The van der Waals surface area contributed by atoms with Crippen molar-refractivity contribution >= 4 is 11.3 Å². The SMILES string of the molecule is COc1ccccc1Oc1cc(-c2nc(CC3CC4(CCC4)CO3)n(Cc3cccs3)n2)ccn1. The fraction of sp³-hybridized carbons (Fsp3) is 0.370. The number of para-hydroxylation sites is 2. The van der Waals surface area contributed by atoms with Gasteiger partial charge in [-0.2, -0.15) is 5.10 Å². The van der Waals surface area contributed by atoms with Crippen LogP contribution < -0.4 is 9.47 Å². The van der Waals surface area contributed by atoms with Gasteiger partial charge in [-0.1, -0.05) is 24.6 Å². The lowest BCUT2D eigenvalue weighted by atomic mass is 9.67. The van der Waals surface area contributed by atoms with E-state index in [1.54, 1.807) is 24.6 Å². The second kappa shape index (κ2) is 9.43. The lowest BCUT2D eigenvalue weighted by Gasteiger charge is -2.36. The van der Waals surface area contributed by atoms with Crippen LogP contribution in [0.2, 0.25) is 0 Å². The second-order valence-corrected chi connectivity index (χ2v) is 10.5. The number of thiophene rings is 1. The molecule has 0 bridgehead atoms. The smallest absolute Gasteiger partial charge is 0.220 e. The van der Waals surface area contributed by atoms with Crippen molar-refractivity contribution in [2.45, 2.75) is 44.8 Å². The maximum Gasteiger partial charge on any atom is 0.220 e. The van der Waals surface area contributed by atoms with Gasteiger partial charge in [-0.15, -0.1) is 11.3 Å². The van der Waals surface area contributed by atoms with Crippen LogP contribution in [-0.4, -0.2) is 39.6 Å². The van der Waals surface area contributed by atoms with Crippen LogP contribution in [0.15, 0.2) is 60.1 Å². The van der Waals surface area contributed by atoms with Crippen LogP contribution in [0.5, 0.6) is 17.4 Å². The minimum atomic E-state index is 0.205. The number of methoxy groups -OCH3 is 1.